The number of aliphatic hydroxyl groups is 1. The van der Waals surface area contributed by atoms with Crippen LogP contribution in [0.4, 0.5) is 10.1 Å². The van der Waals surface area contributed by atoms with Crippen LogP contribution in [0.2, 0.25) is 0 Å². The van der Waals surface area contributed by atoms with Gasteiger partial charge in [0.25, 0.3) is 0 Å². The summed E-state index contributed by atoms with van der Waals surface area (Å²) in [5, 5.41) is 10.4. The van der Waals surface area contributed by atoms with Gasteiger partial charge in [0.2, 0.25) is 0 Å². The zero-order valence-corrected chi connectivity index (χ0v) is 10.9. The first kappa shape index (κ1) is 13.4. The largest absolute Gasteiger partial charge is 0.496 e. The van der Waals surface area contributed by atoms with Crippen LogP contribution in [0.15, 0.2) is 36.4 Å². The van der Waals surface area contributed by atoms with Crippen molar-refractivity contribution in [2.45, 2.75) is 13.0 Å². The van der Waals surface area contributed by atoms with Gasteiger partial charge in [-0.3, -0.25) is 0 Å². The molecular weight excluding hydrogens is 245 g/mol. The summed E-state index contributed by atoms with van der Waals surface area (Å²) in [4.78, 5) is 0. The molecule has 0 amide bonds. The molecule has 0 heterocycles. The van der Waals surface area contributed by atoms with E-state index in [1.165, 1.54) is 18.2 Å². The minimum atomic E-state index is -0.981. The molecule has 19 heavy (non-hydrogen) atoms. The zero-order valence-electron chi connectivity index (χ0n) is 10.9. The predicted molar refractivity (Wildman–Crippen MR) is 72.6 cm³/mol. The Kier molecular flexibility index (Phi) is 3.71. The van der Waals surface area contributed by atoms with E-state index in [2.05, 4.69) is 0 Å². The van der Waals surface area contributed by atoms with Crippen molar-refractivity contribution in [2.24, 2.45) is 0 Å². The van der Waals surface area contributed by atoms with Gasteiger partial charge in [-0.25, -0.2) is 4.39 Å². The van der Waals surface area contributed by atoms with Crippen LogP contribution in [0.5, 0.6) is 5.75 Å². The van der Waals surface area contributed by atoms with Gasteiger partial charge in [-0.1, -0.05) is 12.1 Å². The first-order chi connectivity index (χ1) is 9.04. The molecule has 0 fully saturated rings. The summed E-state index contributed by atoms with van der Waals surface area (Å²) in [6.45, 7) is 1.84. The minimum absolute atomic E-state index is 0.358. The molecule has 3 nitrogen and oxygen atoms in total. The molecule has 2 aromatic carbocycles. The second kappa shape index (κ2) is 5.28. The molecule has 0 unspecified atom stereocenters. The molecule has 0 radical (unpaired) electrons. The lowest BCUT2D eigenvalue weighted by atomic mass is 9.96. The standard InChI is InChI=1S/C15H16FNO2/c1-9-11(4-3-5-14(9)19-2)15(18)12-8-10(16)6-7-13(12)17/h3-8,15,18H,17H2,1-2H3/t15-/m0/s1. The molecule has 3 N–H and O–H groups in total. The zero-order chi connectivity index (χ0) is 14.0. The normalized spacial score (nSPS) is 12.2. The second-order valence-corrected chi connectivity index (χ2v) is 4.35. The highest BCUT2D eigenvalue weighted by molar-refractivity contribution is 5.53. The van der Waals surface area contributed by atoms with Gasteiger partial charge in [-0.2, -0.15) is 0 Å². The van der Waals surface area contributed by atoms with Crippen LogP contribution in [-0.4, -0.2) is 12.2 Å². The number of halogens is 1. The molecule has 0 aliphatic heterocycles. The summed E-state index contributed by atoms with van der Waals surface area (Å²) in [5.74, 6) is 0.246. The molecule has 2 rings (SSSR count). The quantitative estimate of drug-likeness (QED) is 0.835. The minimum Gasteiger partial charge on any atom is -0.496 e. The molecule has 0 aliphatic rings. The summed E-state index contributed by atoms with van der Waals surface area (Å²) in [6, 6.07) is 9.32. The van der Waals surface area contributed by atoms with Crippen molar-refractivity contribution in [3.05, 3.63) is 58.9 Å². The van der Waals surface area contributed by atoms with Crippen molar-refractivity contribution >= 4 is 5.69 Å². The smallest absolute Gasteiger partial charge is 0.123 e. The monoisotopic (exact) mass is 261 g/mol. The lowest BCUT2D eigenvalue weighted by Gasteiger charge is -2.17. The average Bonchev–Trinajstić information content (AvgIpc) is 2.41. The van der Waals surface area contributed by atoms with E-state index in [9.17, 15) is 9.50 Å². The molecule has 0 bridgehead atoms. The summed E-state index contributed by atoms with van der Waals surface area (Å²) in [6.07, 6.45) is -0.981. The number of ether oxygens (including phenoxy) is 1. The van der Waals surface area contributed by atoms with Crippen LogP contribution in [-0.2, 0) is 0 Å². The topological polar surface area (TPSA) is 55.5 Å². The maximum absolute atomic E-state index is 13.3. The van der Waals surface area contributed by atoms with E-state index in [0.29, 0.717) is 22.6 Å². The first-order valence-electron chi connectivity index (χ1n) is 5.91. The van der Waals surface area contributed by atoms with Crippen LogP contribution in [0.1, 0.15) is 22.8 Å². The van der Waals surface area contributed by atoms with Gasteiger partial charge in [0.1, 0.15) is 17.7 Å². The molecule has 0 aliphatic carbocycles. The Bertz CT molecular complexity index is 599. The van der Waals surface area contributed by atoms with E-state index in [-0.39, 0.29) is 0 Å². The Morgan fingerprint density at radius 1 is 1.21 bits per heavy atom. The SMILES string of the molecule is COc1cccc([C@H](O)c2cc(F)ccc2N)c1C. The van der Waals surface area contributed by atoms with Crippen molar-refractivity contribution in [3.63, 3.8) is 0 Å². The third kappa shape index (κ3) is 2.53. The maximum atomic E-state index is 13.3. The lowest BCUT2D eigenvalue weighted by molar-refractivity contribution is 0.219. The fraction of sp³-hybridized carbons (Fsp3) is 0.200. The van der Waals surface area contributed by atoms with Gasteiger partial charge >= 0.3 is 0 Å². The maximum Gasteiger partial charge on any atom is 0.123 e. The number of nitrogen functional groups attached to an aromatic ring is 1. The molecule has 0 saturated heterocycles. The number of rotatable bonds is 3. The Balaban J connectivity index is 2.50. The van der Waals surface area contributed by atoms with Crippen molar-refractivity contribution in [1.29, 1.82) is 0 Å². The number of nitrogens with two attached hydrogens (primary N) is 1. The van der Waals surface area contributed by atoms with E-state index >= 15 is 0 Å². The molecule has 0 aromatic heterocycles. The highest BCUT2D eigenvalue weighted by Gasteiger charge is 2.18. The molecular formula is C15H16FNO2. The van der Waals surface area contributed by atoms with E-state index in [1.807, 2.05) is 6.92 Å². The van der Waals surface area contributed by atoms with Crippen LogP contribution in [0.3, 0.4) is 0 Å². The highest BCUT2D eigenvalue weighted by atomic mass is 19.1. The first-order valence-corrected chi connectivity index (χ1v) is 5.91. The van der Waals surface area contributed by atoms with Gasteiger partial charge in [-0.05, 0) is 42.3 Å². The van der Waals surface area contributed by atoms with Crippen LogP contribution in [0, 0.1) is 12.7 Å². The van der Waals surface area contributed by atoms with E-state index in [4.69, 9.17) is 10.5 Å². The third-order valence-electron chi connectivity index (χ3n) is 3.18. The molecule has 0 spiro atoms. The van der Waals surface area contributed by atoms with Gasteiger partial charge in [0.05, 0.1) is 7.11 Å². The summed E-state index contributed by atoms with van der Waals surface area (Å²) >= 11 is 0. The van der Waals surface area contributed by atoms with Gasteiger partial charge in [-0.15, -0.1) is 0 Å². The Hall–Kier alpha value is -2.07. The Labute approximate surface area is 111 Å². The highest BCUT2D eigenvalue weighted by Crippen LogP contribution is 2.32. The number of aliphatic hydroxyl groups excluding tert-OH is 1. The third-order valence-corrected chi connectivity index (χ3v) is 3.18. The molecule has 0 saturated carbocycles. The Morgan fingerprint density at radius 3 is 2.63 bits per heavy atom. The Morgan fingerprint density at radius 2 is 1.95 bits per heavy atom. The van der Waals surface area contributed by atoms with Gasteiger partial charge in [0, 0.05) is 11.3 Å². The number of methoxy groups -OCH3 is 1. The fourth-order valence-electron chi connectivity index (χ4n) is 2.10. The summed E-state index contributed by atoms with van der Waals surface area (Å²) < 4.78 is 18.5. The van der Waals surface area contributed by atoms with Crippen LogP contribution < -0.4 is 10.5 Å². The summed E-state index contributed by atoms with van der Waals surface area (Å²) in [7, 11) is 1.56. The van der Waals surface area contributed by atoms with E-state index in [1.54, 1.807) is 25.3 Å². The number of benzene rings is 2. The second-order valence-electron chi connectivity index (χ2n) is 4.35. The molecule has 2 aromatic rings. The van der Waals surface area contributed by atoms with E-state index < -0.39 is 11.9 Å². The van der Waals surface area contributed by atoms with Crippen molar-refractivity contribution < 1.29 is 14.2 Å². The number of anilines is 1. The van der Waals surface area contributed by atoms with Gasteiger partial charge in [0.15, 0.2) is 0 Å². The predicted octanol–water partition coefficient (Wildman–Crippen LogP) is 2.81. The van der Waals surface area contributed by atoms with Crippen molar-refractivity contribution in [1.82, 2.24) is 0 Å². The van der Waals surface area contributed by atoms with Crippen LogP contribution >= 0.6 is 0 Å². The average molecular weight is 261 g/mol. The van der Waals surface area contributed by atoms with Gasteiger partial charge < -0.3 is 15.6 Å². The van der Waals surface area contributed by atoms with Crippen LogP contribution in [0.25, 0.3) is 0 Å². The number of hydrogen-bond donors (Lipinski definition) is 2. The van der Waals surface area contributed by atoms with Crippen molar-refractivity contribution in [2.75, 3.05) is 12.8 Å². The van der Waals surface area contributed by atoms with Crippen molar-refractivity contribution in [3.8, 4) is 5.75 Å². The molecule has 100 valence electrons. The lowest BCUT2D eigenvalue weighted by Crippen LogP contribution is -2.06. The summed E-state index contributed by atoms with van der Waals surface area (Å²) in [5.41, 5.74) is 7.96. The molecule has 1 atom stereocenters. The molecule has 4 heteroatoms. The fourth-order valence-corrected chi connectivity index (χ4v) is 2.10. The van der Waals surface area contributed by atoms with E-state index in [0.717, 1.165) is 5.56 Å². The number of hydrogen-bond acceptors (Lipinski definition) is 3.